The van der Waals surface area contributed by atoms with Crippen LogP contribution in [0.25, 0.3) is 0 Å². The highest BCUT2D eigenvalue weighted by Gasteiger charge is 2.15. The standard InChI is InChI=1S/C20H22BrIN2O3/c1-2-3-4-7-12-27-18-11-10-14(21)13-16(18)20(26)24-23-19(25)15-8-5-6-9-17(15)22/h5-6,8-11,13H,2-4,7,12H2,1H3,(H,23,25)(H,24,26). The number of hydrogen-bond donors (Lipinski definition) is 2. The Kier molecular flexibility index (Phi) is 9.06. The van der Waals surface area contributed by atoms with Crippen molar-refractivity contribution >= 4 is 50.3 Å². The fourth-order valence-electron chi connectivity index (χ4n) is 2.41. The Balaban J connectivity index is 1.99. The Morgan fingerprint density at radius 3 is 2.41 bits per heavy atom. The van der Waals surface area contributed by atoms with E-state index in [0.717, 1.165) is 27.3 Å². The van der Waals surface area contributed by atoms with Crippen LogP contribution in [0.1, 0.15) is 53.3 Å². The molecule has 0 saturated carbocycles. The minimum absolute atomic E-state index is 0.364. The second kappa shape index (κ2) is 11.3. The molecule has 27 heavy (non-hydrogen) atoms. The van der Waals surface area contributed by atoms with Gasteiger partial charge in [0.2, 0.25) is 0 Å². The van der Waals surface area contributed by atoms with Crippen LogP contribution in [0.5, 0.6) is 5.75 Å². The van der Waals surface area contributed by atoms with E-state index >= 15 is 0 Å². The van der Waals surface area contributed by atoms with Gasteiger partial charge in [-0.25, -0.2) is 0 Å². The summed E-state index contributed by atoms with van der Waals surface area (Å²) in [5, 5.41) is 0. The van der Waals surface area contributed by atoms with Gasteiger partial charge in [-0.1, -0.05) is 54.2 Å². The molecule has 2 aromatic carbocycles. The summed E-state index contributed by atoms with van der Waals surface area (Å²) < 4.78 is 7.34. The summed E-state index contributed by atoms with van der Waals surface area (Å²) in [4.78, 5) is 24.8. The minimum atomic E-state index is -0.431. The fourth-order valence-corrected chi connectivity index (χ4v) is 3.40. The van der Waals surface area contributed by atoms with Gasteiger partial charge in [-0.15, -0.1) is 0 Å². The zero-order valence-corrected chi connectivity index (χ0v) is 18.8. The van der Waals surface area contributed by atoms with E-state index in [9.17, 15) is 9.59 Å². The third-order valence-corrected chi connectivity index (χ3v) is 5.28. The lowest BCUT2D eigenvalue weighted by atomic mass is 10.2. The van der Waals surface area contributed by atoms with Gasteiger partial charge in [0.25, 0.3) is 11.8 Å². The van der Waals surface area contributed by atoms with E-state index in [0.29, 0.717) is 23.5 Å². The second-order valence-electron chi connectivity index (χ2n) is 5.94. The summed E-state index contributed by atoms with van der Waals surface area (Å²) in [6.07, 6.45) is 4.36. The maximum atomic E-state index is 12.5. The molecule has 5 nitrogen and oxygen atoms in total. The van der Waals surface area contributed by atoms with Crippen LogP contribution in [0, 0.1) is 3.57 Å². The van der Waals surface area contributed by atoms with E-state index in [2.05, 4.69) is 56.3 Å². The summed E-state index contributed by atoms with van der Waals surface area (Å²) >= 11 is 5.45. The molecule has 0 aliphatic heterocycles. The van der Waals surface area contributed by atoms with Crippen LogP contribution >= 0.6 is 38.5 Å². The number of nitrogens with one attached hydrogen (secondary N) is 2. The molecule has 0 fully saturated rings. The van der Waals surface area contributed by atoms with Crippen molar-refractivity contribution in [2.75, 3.05) is 6.61 Å². The van der Waals surface area contributed by atoms with Crippen LogP contribution in [0.4, 0.5) is 0 Å². The number of halogens is 2. The highest BCUT2D eigenvalue weighted by atomic mass is 127. The third-order valence-electron chi connectivity index (χ3n) is 3.85. The molecule has 0 heterocycles. The maximum Gasteiger partial charge on any atom is 0.273 e. The number of carbonyl (C=O) groups excluding carboxylic acids is 2. The van der Waals surface area contributed by atoms with Crippen LogP contribution in [-0.4, -0.2) is 18.4 Å². The van der Waals surface area contributed by atoms with Gasteiger partial charge in [-0.05, 0) is 59.3 Å². The zero-order chi connectivity index (χ0) is 19.6. The molecule has 144 valence electrons. The average Bonchev–Trinajstić information content (AvgIpc) is 2.67. The summed E-state index contributed by atoms with van der Waals surface area (Å²) in [5.41, 5.74) is 5.78. The molecule has 7 heteroatoms. The van der Waals surface area contributed by atoms with Gasteiger partial charge in [0, 0.05) is 8.04 Å². The van der Waals surface area contributed by atoms with E-state index in [1.807, 2.05) is 18.2 Å². The molecule has 0 aliphatic rings. The van der Waals surface area contributed by atoms with Crippen LogP contribution in [0.3, 0.4) is 0 Å². The highest BCUT2D eigenvalue weighted by molar-refractivity contribution is 14.1. The molecule has 2 aromatic rings. The van der Waals surface area contributed by atoms with Crippen LogP contribution in [0.15, 0.2) is 46.9 Å². The summed E-state index contributed by atoms with van der Waals surface area (Å²) in [6.45, 7) is 2.71. The number of amides is 2. The van der Waals surface area contributed by atoms with Crippen molar-refractivity contribution in [2.45, 2.75) is 32.6 Å². The SMILES string of the molecule is CCCCCCOc1ccc(Br)cc1C(=O)NNC(=O)c1ccccc1I. The van der Waals surface area contributed by atoms with Gasteiger partial charge in [0.15, 0.2) is 0 Å². The van der Waals surface area contributed by atoms with E-state index < -0.39 is 5.91 Å². The lowest BCUT2D eigenvalue weighted by Crippen LogP contribution is -2.42. The zero-order valence-electron chi connectivity index (χ0n) is 15.1. The molecule has 0 unspecified atom stereocenters. The summed E-state index contributed by atoms with van der Waals surface area (Å²) in [7, 11) is 0. The van der Waals surface area contributed by atoms with Gasteiger partial charge < -0.3 is 4.74 Å². The van der Waals surface area contributed by atoms with Crippen molar-refractivity contribution in [3.05, 3.63) is 61.6 Å². The molecule has 0 spiro atoms. The van der Waals surface area contributed by atoms with Crippen molar-refractivity contribution in [1.82, 2.24) is 10.9 Å². The number of carbonyl (C=O) groups is 2. The van der Waals surface area contributed by atoms with Crippen LogP contribution < -0.4 is 15.6 Å². The quantitative estimate of drug-likeness (QED) is 0.276. The van der Waals surface area contributed by atoms with E-state index in [4.69, 9.17) is 4.74 Å². The molecule has 0 bridgehead atoms. The number of rotatable bonds is 8. The normalized spacial score (nSPS) is 10.3. The van der Waals surface area contributed by atoms with Crippen molar-refractivity contribution in [2.24, 2.45) is 0 Å². The molecule has 2 N–H and O–H groups in total. The molecule has 2 amide bonds. The first kappa shape index (κ1) is 21.7. The van der Waals surface area contributed by atoms with Crippen LogP contribution in [0.2, 0.25) is 0 Å². The van der Waals surface area contributed by atoms with Gasteiger partial charge in [-0.3, -0.25) is 20.4 Å². The summed E-state index contributed by atoms with van der Waals surface area (Å²) in [6, 6.07) is 12.4. The summed E-state index contributed by atoms with van der Waals surface area (Å²) in [5.74, 6) is -0.305. The molecule has 0 aliphatic carbocycles. The predicted molar refractivity (Wildman–Crippen MR) is 118 cm³/mol. The number of unbranched alkanes of at least 4 members (excludes halogenated alkanes) is 3. The smallest absolute Gasteiger partial charge is 0.273 e. The number of ether oxygens (including phenoxy) is 1. The van der Waals surface area contributed by atoms with Gasteiger partial charge in [-0.2, -0.15) is 0 Å². The molecule has 0 aromatic heterocycles. The molecular formula is C20H22BrIN2O3. The Labute approximate surface area is 181 Å². The molecule has 0 saturated heterocycles. The first-order chi connectivity index (χ1) is 13.0. The average molecular weight is 545 g/mol. The van der Waals surface area contributed by atoms with Crippen molar-refractivity contribution in [3.8, 4) is 5.75 Å². The van der Waals surface area contributed by atoms with Gasteiger partial charge >= 0.3 is 0 Å². The Morgan fingerprint density at radius 2 is 1.70 bits per heavy atom. The molecule has 0 radical (unpaired) electrons. The minimum Gasteiger partial charge on any atom is -0.493 e. The monoisotopic (exact) mass is 544 g/mol. The lowest BCUT2D eigenvalue weighted by Gasteiger charge is -2.13. The van der Waals surface area contributed by atoms with Crippen molar-refractivity contribution in [3.63, 3.8) is 0 Å². The van der Waals surface area contributed by atoms with E-state index in [-0.39, 0.29) is 5.91 Å². The highest BCUT2D eigenvalue weighted by Crippen LogP contribution is 2.23. The van der Waals surface area contributed by atoms with E-state index in [1.54, 1.807) is 24.3 Å². The van der Waals surface area contributed by atoms with E-state index in [1.165, 1.54) is 6.42 Å². The number of hydrogen-bond acceptors (Lipinski definition) is 3. The third kappa shape index (κ3) is 6.80. The molecule has 2 rings (SSSR count). The fraction of sp³-hybridized carbons (Fsp3) is 0.300. The lowest BCUT2D eigenvalue weighted by molar-refractivity contribution is 0.0843. The van der Waals surface area contributed by atoms with Crippen molar-refractivity contribution in [1.29, 1.82) is 0 Å². The molecular weight excluding hydrogens is 523 g/mol. The Bertz CT molecular complexity index is 799. The Morgan fingerprint density at radius 1 is 1.00 bits per heavy atom. The van der Waals surface area contributed by atoms with Gasteiger partial charge in [0.1, 0.15) is 5.75 Å². The van der Waals surface area contributed by atoms with Crippen molar-refractivity contribution < 1.29 is 14.3 Å². The maximum absolute atomic E-state index is 12.5. The van der Waals surface area contributed by atoms with Gasteiger partial charge in [0.05, 0.1) is 17.7 Å². The first-order valence-electron chi connectivity index (χ1n) is 8.80. The number of hydrazine groups is 1. The molecule has 0 atom stereocenters. The largest absolute Gasteiger partial charge is 0.493 e. The van der Waals surface area contributed by atoms with Crippen LogP contribution in [-0.2, 0) is 0 Å². The Hall–Kier alpha value is -1.61. The second-order valence-corrected chi connectivity index (χ2v) is 8.02. The topological polar surface area (TPSA) is 67.4 Å². The first-order valence-corrected chi connectivity index (χ1v) is 10.7. The predicted octanol–water partition coefficient (Wildman–Crippen LogP) is 5.09. The number of benzene rings is 2.